The second-order valence-electron chi connectivity index (χ2n) is 3.69. The zero-order valence-corrected chi connectivity index (χ0v) is 12.1. The Morgan fingerprint density at radius 3 is 1.65 bits per heavy atom. The van der Waals surface area contributed by atoms with Gasteiger partial charge >= 0.3 is 7.12 Å². The van der Waals surface area contributed by atoms with Crippen molar-refractivity contribution in [1.82, 2.24) is 0 Å². The van der Waals surface area contributed by atoms with Gasteiger partial charge in [0.1, 0.15) is 0 Å². The van der Waals surface area contributed by atoms with E-state index in [2.05, 4.69) is 18.2 Å². The molecule has 0 aliphatic heterocycles. The molecule has 104 valence electrons. The van der Waals surface area contributed by atoms with Gasteiger partial charge in [-0.3, -0.25) is 0 Å². The summed E-state index contributed by atoms with van der Waals surface area (Å²) in [7, 11) is -1.17. The molecule has 0 amide bonds. The van der Waals surface area contributed by atoms with Gasteiger partial charge in [-0.1, -0.05) is 56.3 Å². The molecule has 0 heterocycles. The van der Waals surface area contributed by atoms with Gasteiger partial charge in [-0.2, -0.15) is 5.26 Å². The summed E-state index contributed by atoms with van der Waals surface area (Å²) in [6.07, 6.45) is 0. The average molecular weight is 269 g/mol. The maximum absolute atomic E-state index is 8.65. The van der Waals surface area contributed by atoms with E-state index in [0.717, 1.165) is 5.56 Å². The fourth-order valence-electron chi connectivity index (χ4n) is 1.37. The van der Waals surface area contributed by atoms with Crippen LogP contribution in [0.25, 0.3) is 11.1 Å². The fourth-order valence-corrected chi connectivity index (χ4v) is 1.37. The van der Waals surface area contributed by atoms with Gasteiger partial charge in [0.2, 0.25) is 0 Å². The summed E-state index contributed by atoms with van der Waals surface area (Å²) in [5.74, 6) is 0. The quantitative estimate of drug-likeness (QED) is 0.780. The van der Waals surface area contributed by atoms with Crippen molar-refractivity contribution >= 4 is 7.12 Å². The lowest BCUT2D eigenvalue weighted by Gasteiger charge is -1.99. The van der Waals surface area contributed by atoms with Gasteiger partial charge in [0, 0.05) is 0 Å². The molecule has 4 heteroatoms. The lowest BCUT2D eigenvalue weighted by atomic mass is 9.99. The molecule has 0 aromatic heterocycles. The van der Waals surface area contributed by atoms with E-state index in [9.17, 15) is 0 Å². The molecular formula is C16H20BNO2. The number of nitrogens with zero attached hydrogens (tertiary/aromatic N) is 1. The van der Waals surface area contributed by atoms with Crippen molar-refractivity contribution < 1.29 is 10.0 Å². The van der Waals surface area contributed by atoms with Gasteiger partial charge in [-0.05, 0) is 30.1 Å². The van der Waals surface area contributed by atoms with Crippen LogP contribution < -0.4 is 0 Å². The third-order valence-electron chi connectivity index (χ3n) is 2.12. The predicted molar refractivity (Wildman–Crippen MR) is 84.0 cm³/mol. The van der Waals surface area contributed by atoms with Crippen molar-refractivity contribution in [2.75, 3.05) is 0 Å². The Kier molecular flexibility index (Phi) is 9.68. The molecule has 0 spiro atoms. The molecule has 0 atom stereocenters. The molecule has 0 fully saturated rings. The van der Waals surface area contributed by atoms with Crippen LogP contribution >= 0.6 is 0 Å². The van der Waals surface area contributed by atoms with Crippen LogP contribution in [0.15, 0.2) is 54.6 Å². The van der Waals surface area contributed by atoms with Gasteiger partial charge in [-0.25, -0.2) is 0 Å². The minimum atomic E-state index is -1.17. The minimum absolute atomic E-state index is 0.699. The highest BCUT2D eigenvalue weighted by Crippen LogP contribution is 2.18. The van der Waals surface area contributed by atoms with Crippen LogP contribution in [0.3, 0.4) is 0 Å². The molecule has 2 rings (SSSR count). The summed E-state index contributed by atoms with van der Waals surface area (Å²) in [5.41, 5.74) is 3.02. The van der Waals surface area contributed by atoms with Crippen molar-refractivity contribution in [3.63, 3.8) is 0 Å². The Morgan fingerprint density at radius 2 is 1.25 bits per heavy atom. The number of rotatable bonds is 1. The van der Waals surface area contributed by atoms with Crippen molar-refractivity contribution in [3.8, 4) is 17.2 Å². The van der Waals surface area contributed by atoms with E-state index in [1.54, 1.807) is 0 Å². The molecule has 3 nitrogen and oxygen atoms in total. The van der Waals surface area contributed by atoms with Crippen molar-refractivity contribution in [2.24, 2.45) is 0 Å². The summed E-state index contributed by atoms with van der Waals surface area (Å²) in [6.45, 7) is 5.28. The van der Waals surface area contributed by atoms with E-state index in [-0.39, 0.29) is 0 Å². The van der Waals surface area contributed by atoms with Crippen LogP contribution in [0.2, 0.25) is 6.82 Å². The number of hydrogen-bond acceptors (Lipinski definition) is 3. The van der Waals surface area contributed by atoms with Crippen molar-refractivity contribution in [2.45, 2.75) is 20.7 Å². The summed E-state index contributed by atoms with van der Waals surface area (Å²) in [6, 6.07) is 19.8. The van der Waals surface area contributed by atoms with E-state index in [0.29, 0.717) is 5.56 Å². The molecule has 0 radical (unpaired) electrons. The molecule has 0 bridgehead atoms. The van der Waals surface area contributed by atoms with Crippen LogP contribution in [-0.2, 0) is 0 Å². The third-order valence-corrected chi connectivity index (χ3v) is 2.12. The zero-order chi connectivity index (χ0) is 15.4. The molecule has 0 unspecified atom stereocenters. The normalized spacial score (nSPS) is 8.20. The molecule has 20 heavy (non-hydrogen) atoms. The molecule has 0 saturated heterocycles. The van der Waals surface area contributed by atoms with Crippen molar-refractivity contribution in [3.05, 3.63) is 60.2 Å². The van der Waals surface area contributed by atoms with Crippen LogP contribution in [0, 0.1) is 11.3 Å². The molecular weight excluding hydrogens is 249 g/mol. The van der Waals surface area contributed by atoms with Crippen LogP contribution in [0.1, 0.15) is 19.4 Å². The highest BCUT2D eigenvalue weighted by Gasteiger charge is 1.95. The Bertz CT molecular complexity index is 501. The van der Waals surface area contributed by atoms with Gasteiger partial charge < -0.3 is 10.0 Å². The largest absolute Gasteiger partial charge is 0.448 e. The highest BCUT2D eigenvalue weighted by molar-refractivity contribution is 6.38. The maximum Gasteiger partial charge on any atom is 0.448 e. The SMILES string of the molecule is CB(O)O.CC.N#Cc1ccc(-c2ccccc2)cc1. The fraction of sp³-hybridized carbons (Fsp3) is 0.188. The summed E-state index contributed by atoms with van der Waals surface area (Å²) < 4.78 is 0. The van der Waals surface area contributed by atoms with Gasteiger partial charge in [0.05, 0.1) is 11.6 Å². The minimum Gasteiger partial charge on any atom is -0.427 e. The first-order valence-electron chi connectivity index (χ1n) is 6.55. The van der Waals surface area contributed by atoms with Crippen molar-refractivity contribution in [1.29, 1.82) is 5.26 Å². The van der Waals surface area contributed by atoms with Gasteiger partial charge in [0.15, 0.2) is 0 Å². The third kappa shape index (κ3) is 7.37. The number of benzene rings is 2. The second-order valence-corrected chi connectivity index (χ2v) is 3.69. The number of hydrogen-bond donors (Lipinski definition) is 2. The topological polar surface area (TPSA) is 64.2 Å². The first-order valence-corrected chi connectivity index (χ1v) is 6.55. The lowest BCUT2D eigenvalue weighted by Crippen LogP contribution is -2.00. The second kappa shape index (κ2) is 10.8. The van der Waals surface area contributed by atoms with Crippen LogP contribution in [0.5, 0.6) is 0 Å². The van der Waals surface area contributed by atoms with E-state index in [1.165, 1.54) is 12.4 Å². The Hall–Kier alpha value is -2.09. The summed E-state index contributed by atoms with van der Waals surface area (Å²) in [4.78, 5) is 0. The van der Waals surface area contributed by atoms with E-state index < -0.39 is 7.12 Å². The molecule has 2 aromatic rings. The maximum atomic E-state index is 8.65. The Morgan fingerprint density at radius 1 is 0.850 bits per heavy atom. The molecule has 0 aliphatic carbocycles. The molecule has 0 aliphatic rings. The Balaban J connectivity index is 0.000000521. The lowest BCUT2D eigenvalue weighted by molar-refractivity contribution is 0.417. The van der Waals surface area contributed by atoms with Crippen LogP contribution in [-0.4, -0.2) is 17.2 Å². The monoisotopic (exact) mass is 269 g/mol. The van der Waals surface area contributed by atoms with E-state index in [1.807, 2.05) is 56.3 Å². The zero-order valence-electron chi connectivity index (χ0n) is 12.1. The number of nitriles is 1. The summed E-state index contributed by atoms with van der Waals surface area (Å²) in [5, 5.41) is 23.9. The standard InChI is InChI=1S/C13H9N.C2H6.CH5BO2/c14-10-11-6-8-13(9-7-11)12-4-2-1-3-5-12;1-2;1-2(3)4/h1-9H;1-2H3;3-4H,1H3. The first kappa shape index (κ1) is 17.9. The highest BCUT2D eigenvalue weighted by atomic mass is 16.4. The Labute approximate surface area is 121 Å². The molecule has 2 N–H and O–H groups in total. The van der Waals surface area contributed by atoms with E-state index in [4.69, 9.17) is 15.3 Å². The smallest absolute Gasteiger partial charge is 0.427 e. The van der Waals surface area contributed by atoms with Gasteiger partial charge in [0.25, 0.3) is 0 Å². The molecule has 0 saturated carbocycles. The average Bonchev–Trinajstić information content (AvgIpc) is 2.50. The van der Waals surface area contributed by atoms with E-state index >= 15 is 0 Å². The predicted octanol–water partition coefficient (Wildman–Crippen LogP) is 3.34. The molecule has 2 aromatic carbocycles. The van der Waals surface area contributed by atoms with Crippen LogP contribution in [0.4, 0.5) is 0 Å². The first-order chi connectivity index (χ1) is 9.63. The summed E-state index contributed by atoms with van der Waals surface area (Å²) >= 11 is 0. The van der Waals surface area contributed by atoms with Gasteiger partial charge in [-0.15, -0.1) is 0 Å².